The van der Waals surface area contributed by atoms with Gasteiger partial charge in [-0.25, -0.2) is 4.39 Å². The van der Waals surface area contributed by atoms with Crippen molar-refractivity contribution in [1.29, 1.82) is 0 Å². The Morgan fingerprint density at radius 1 is 1.47 bits per heavy atom. The maximum absolute atomic E-state index is 13.6. The Hall–Kier alpha value is -1.95. The normalized spacial score (nSPS) is 22.9. The molecule has 6 heteroatoms. The summed E-state index contributed by atoms with van der Waals surface area (Å²) in [6.07, 6.45) is -0.352. The summed E-state index contributed by atoms with van der Waals surface area (Å²) in [6, 6.07) is 5.58. The first-order chi connectivity index (χ1) is 9.08. The van der Waals surface area contributed by atoms with Crippen LogP contribution in [0.25, 0.3) is 0 Å². The number of quaternary nitrogens is 1. The number of benzene rings is 1. The number of halogens is 1. The zero-order valence-electron chi connectivity index (χ0n) is 10.3. The maximum Gasteiger partial charge on any atom is 0.278 e. The van der Waals surface area contributed by atoms with Gasteiger partial charge in [-0.1, -0.05) is 18.2 Å². The van der Waals surface area contributed by atoms with Crippen LogP contribution >= 0.6 is 0 Å². The van der Waals surface area contributed by atoms with Crippen molar-refractivity contribution in [3.63, 3.8) is 0 Å². The first-order valence-corrected chi connectivity index (χ1v) is 6.13. The van der Waals surface area contributed by atoms with Crippen LogP contribution in [0.1, 0.15) is 12.0 Å². The molecular weight excluding hydrogens is 251 g/mol. The van der Waals surface area contributed by atoms with Crippen molar-refractivity contribution in [1.82, 2.24) is 5.32 Å². The quantitative estimate of drug-likeness (QED) is 0.652. The van der Waals surface area contributed by atoms with Crippen LogP contribution in [0.2, 0.25) is 0 Å². The number of carbonyl (C=O) groups is 2. The minimum atomic E-state index is -1.27. The largest absolute Gasteiger partial charge is 0.550 e. The standard InChI is InChI=1S/C13H15FN2O3/c14-10-4-2-1-3-9(10)8-16-6-5-15-13(19)11(16)7-12(17)18/h1-4,11H,5-8H2,(H,15,19)(H,17,18). The summed E-state index contributed by atoms with van der Waals surface area (Å²) >= 11 is 0. The van der Waals surface area contributed by atoms with Gasteiger partial charge in [-0.15, -0.1) is 0 Å². The van der Waals surface area contributed by atoms with E-state index < -0.39 is 12.0 Å². The van der Waals surface area contributed by atoms with Gasteiger partial charge in [0.2, 0.25) is 0 Å². The van der Waals surface area contributed by atoms with Crippen LogP contribution in [0.3, 0.4) is 0 Å². The Labute approximate surface area is 110 Å². The number of hydrogen-bond acceptors (Lipinski definition) is 3. The second-order valence-electron chi connectivity index (χ2n) is 4.60. The summed E-state index contributed by atoms with van der Waals surface area (Å²) < 4.78 is 13.6. The molecule has 1 aliphatic heterocycles. The number of amides is 1. The first kappa shape index (κ1) is 13.5. The molecule has 1 aromatic carbocycles. The topological polar surface area (TPSA) is 73.7 Å². The van der Waals surface area contributed by atoms with E-state index >= 15 is 0 Å². The summed E-state index contributed by atoms with van der Waals surface area (Å²) in [6.45, 7) is 1.32. The molecule has 0 bridgehead atoms. The molecule has 1 aliphatic rings. The molecule has 5 nitrogen and oxygen atoms in total. The molecule has 1 amide bonds. The number of carboxylic acids is 1. The third kappa shape index (κ3) is 3.29. The Morgan fingerprint density at radius 2 is 2.21 bits per heavy atom. The minimum absolute atomic E-state index is 0.290. The SMILES string of the molecule is O=C([O-])CC1C(=O)NCC[NH+]1Cc1ccccc1F. The van der Waals surface area contributed by atoms with Gasteiger partial charge < -0.3 is 20.1 Å². The molecule has 2 atom stereocenters. The number of rotatable bonds is 4. The Bertz CT molecular complexity index is 493. The highest BCUT2D eigenvalue weighted by Crippen LogP contribution is 2.05. The highest BCUT2D eigenvalue weighted by Gasteiger charge is 2.33. The van der Waals surface area contributed by atoms with E-state index in [9.17, 15) is 19.1 Å². The van der Waals surface area contributed by atoms with Gasteiger partial charge in [-0.05, 0) is 6.07 Å². The lowest BCUT2D eigenvalue weighted by atomic mass is 10.1. The highest BCUT2D eigenvalue weighted by atomic mass is 19.1. The molecule has 0 radical (unpaired) electrons. The predicted octanol–water partition coefficient (Wildman–Crippen LogP) is -2.15. The van der Waals surface area contributed by atoms with Crippen LogP contribution in [0.4, 0.5) is 4.39 Å². The van der Waals surface area contributed by atoms with Gasteiger partial charge in [0.25, 0.3) is 5.91 Å². The van der Waals surface area contributed by atoms with E-state index in [0.29, 0.717) is 18.7 Å². The lowest BCUT2D eigenvalue weighted by Gasteiger charge is -2.32. The average Bonchev–Trinajstić information content (AvgIpc) is 2.36. The molecule has 1 fully saturated rings. The highest BCUT2D eigenvalue weighted by molar-refractivity contribution is 5.84. The van der Waals surface area contributed by atoms with Gasteiger partial charge in [-0.2, -0.15) is 0 Å². The third-order valence-corrected chi connectivity index (χ3v) is 3.30. The van der Waals surface area contributed by atoms with E-state index in [0.717, 1.165) is 4.90 Å². The van der Waals surface area contributed by atoms with Gasteiger partial charge in [-0.3, -0.25) is 4.79 Å². The molecule has 19 heavy (non-hydrogen) atoms. The van der Waals surface area contributed by atoms with Crippen LogP contribution in [-0.4, -0.2) is 31.0 Å². The second-order valence-corrected chi connectivity index (χ2v) is 4.60. The smallest absolute Gasteiger partial charge is 0.278 e. The van der Waals surface area contributed by atoms with Crippen molar-refractivity contribution in [2.75, 3.05) is 13.1 Å². The van der Waals surface area contributed by atoms with Gasteiger partial charge in [0.15, 0.2) is 6.04 Å². The van der Waals surface area contributed by atoms with Crippen LogP contribution in [0, 0.1) is 5.82 Å². The van der Waals surface area contributed by atoms with E-state index in [1.54, 1.807) is 18.2 Å². The Kier molecular flexibility index (Phi) is 4.11. The fraction of sp³-hybridized carbons (Fsp3) is 0.385. The second kappa shape index (κ2) is 5.79. The Balaban J connectivity index is 2.14. The molecule has 0 saturated carbocycles. The number of carboxylic acid groups (broad SMARTS) is 1. The van der Waals surface area contributed by atoms with Crippen LogP contribution in [0.15, 0.2) is 24.3 Å². The van der Waals surface area contributed by atoms with E-state index in [2.05, 4.69) is 5.32 Å². The summed E-state index contributed by atoms with van der Waals surface area (Å²) in [5.41, 5.74) is 0.482. The van der Waals surface area contributed by atoms with Crippen molar-refractivity contribution in [3.05, 3.63) is 35.6 Å². The molecule has 2 N–H and O–H groups in total. The molecule has 1 aromatic rings. The van der Waals surface area contributed by atoms with E-state index in [1.807, 2.05) is 0 Å². The van der Waals surface area contributed by atoms with Crippen molar-refractivity contribution in [2.45, 2.75) is 19.0 Å². The molecule has 102 valence electrons. The number of piperazine rings is 1. The molecule has 2 rings (SSSR count). The maximum atomic E-state index is 13.6. The number of hydrogen-bond donors (Lipinski definition) is 2. The fourth-order valence-corrected chi connectivity index (χ4v) is 2.33. The average molecular weight is 266 g/mol. The summed E-state index contributed by atoms with van der Waals surface area (Å²) in [5.74, 6) is -1.93. The predicted molar refractivity (Wildman–Crippen MR) is 62.4 cm³/mol. The van der Waals surface area contributed by atoms with Crippen LogP contribution < -0.4 is 15.3 Å². The van der Waals surface area contributed by atoms with Crippen molar-refractivity contribution in [2.24, 2.45) is 0 Å². The molecule has 0 aliphatic carbocycles. The van der Waals surface area contributed by atoms with Crippen LogP contribution in [-0.2, 0) is 16.1 Å². The van der Waals surface area contributed by atoms with E-state index in [1.165, 1.54) is 6.07 Å². The summed E-state index contributed by atoms with van der Waals surface area (Å²) in [4.78, 5) is 23.1. The van der Waals surface area contributed by atoms with Gasteiger partial charge >= 0.3 is 0 Å². The molecule has 0 spiro atoms. The monoisotopic (exact) mass is 266 g/mol. The number of aliphatic carboxylic acids is 1. The zero-order chi connectivity index (χ0) is 13.8. The summed E-state index contributed by atoms with van der Waals surface area (Å²) in [7, 11) is 0. The third-order valence-electron chi connectivity index (χ3n) is 3.30. The van der Waals surface area contributed by atoms with Crippen molar-refractivity contribution < 1.29 is 24.0 Å². The lowest BCUT2D eigenvalue weighted by molar-refractivity contribution is -0.931. The minimum Gasteiger partial charge on any atom is -0.550 e. The molecule has 1 heterocycles. The van der Waals surface area contributed by atoms with Gasteiger partial charge in [0.05, 0.1) is 13.1 Å². The molecule has 2 unspecified atom stereocenters. The first-order valence-electron chi connectivity index (χ1n) is 6.13. The van der Waals surface area contributed by atoms with Crippen molar-refractivity contribution in [3.8, 4) is 0 Å². The molecule has 1 saturated heterocycles. The zero-order valence-corrected chi connectivity index (χ0v) is 10.3. The van der Waals surface area contributed by atoms with E-state index in [-0.39, 0.29) is 24.7 Å². The number of nitrogens with one attached hydrogen (secondary N) is 2. The van der Waals surface area contributed by atoms with Gasteiger partial charge in [0.1, 0.15) is 12.4 Å². The van der Waals surface area contributed by atoms with Crippen LogP contribution in [0.5, 0.6) is 0 Å². The molecule has 0 aromatic heterocycles. The lowest BCUT2D eigenvalue weighted by Crippen LogP contribution is -3.18. The number of carbonyl (C=O) groups excluding carboxylic acids is 2. The summed E-state index contributed by atoms with van der Waals surface area (Å²) in [5, 5.41) is 13.3. The van der Waals surface area contributed by atoms with Crippen molar-refractivity contribution >= 4 is 11.9 Å². The van der Waals surface area contributed by atoms with E-state index in [4.69, 9.17) is 0 Å². The molecular formula is C13H15FN2O3. The fourth-order valence-electron chi connectivity index (χ4n) is 2.33. The van der Waals surface area contributed by atoms with Gasteiger partial charge in [0, 0.05) is 18.0 Å². The Morgan fingerprint density at radius 3 is 2.89 bits per heavy atom.